The van der Waals surface area contributed by atoms with Crippen LogP contribution in [0.15, 0.2) is 122 Å². The summed E-state index contributed by atoms with van der Waals surface area (Å²) in [6.45, 7) is 4.31. The number of aryl methyl sites for hydroxylation is 1. The zero-order chi connectivity index (χ0) is 37.0. The van der Waals surface area contributed by atoms with Crippen LogP contribution in [0.4, 0.5) is 9.59 Å². The Kier molecular flexibility index (Phi) is 17.2. The molecule has 2 amide bonds. The fourth-order valence-electron chi connectivity index (χ4n) is 5.12. The summed E-state index contributed by atoms with van der Waals surface area (Å²) in [5, 5.41) is 2.78. The molecule has 0 aliphatic carbocycles. The average molecular weight is 955 g/mol. The van der Waals surface area contributed by atoms with Crippen LogP contribution in [-0.2, 0) is 29.7 Å². The number of nitrogens with one attached hydrogen (secondary N) is 2. The van der Waals surface area contributed by atoms with Gasteiger partial charge in [-0.15, -0.1) is 0 Å². The second-order valence-corrected chi connectivity index (χ2v) is 14.5. The molecule has 0 aliphatic rings. The number of halogens is 2. The first-order chi connectivity index (χ1) is 25.1. The third-order valence-corrected chi connectivity index (χ3v) is 9.65. The molecule has 6 aromatic rings. The van der Waals surface area contributed by atoms with Gasteiger partial charge in [0.25, 0.3) is 0 Å². The molecule has 284 valence electrons. The van der Waals surface area contributed by atoms with Crippen LogP contribution in [0, 0.1) is 7.14 Å². The highest BCUT2D eigenvalue weighted by Gasteiger charge is 2.23. The molecule has 0 saturated carbocycles. The number of ether oxygens (including phenoxy) is 2. The van der Waals surface area contributed by atoms with Crippen molar-refractivity contribution in [3.8, 4) is 22.5 Å². The van der Waals surface area contributed by atoms with Gasteiger partial charge in [-0.3, -0.25) is 0 Å². The van der Waals surface area contributed by atoms with Gasteiger partial charge in [0, 0.05) is 33.0 Å². The lowest BCUT2D eigenvalue weighted by Crippen LogP contribution is -2.31. The Balaban J connectivity index is 0.000000281. The molecule has 0 fully saturated rings. The van der Waals surface area contributed by atoms with E-state index >= 15 is 0 Å². The maximum Gasteiger partial charge on any atom is 0.410 e. The molecule has 0 unspecified atom stereocenters. The Bertz CT molecular complexity index is 2040. The van der Waals surface area contributed by atoms with Crippen LogP contribution in [0.2, 0.25) is 0 Å². The van der Waals surface area contributed by atoms with E-state index in [1.54, 1.807) is 18.1 Å². The molecule has 0 aliphatic heterocycles. The highest BCUT2D eigenvalue weighted by Crippen LogP contribution is 2.25. The van der Waals surface area contributed by atoms with Crippen molar-refractivity contribution in [3.05, 3.63) is 152 Å². The zero-order valence-electron chi connectivity index (χ0n) is 29.3. The Morgan fingerprint density at radius 3 is 1.87 bits per heavy atom. The zero-order valence-corrected chi connectivity index (χ0v) is 33.6. The summed E-state index contributed by atoms with van der Waals surface area (Å²) in [5.41, 5.74) is 5.82. The summed E-state index contributed by atoms with van der Waals surface area (Å²) in [4.78, 5) is 38.3. The van der Waals surface area contributed by atoms with Crippen LogP contribution in [-0.4, -0.2) is 43.7 Å². The van der Waals surface area contributed by atoms with E-state index in [1.807, 2.05) is 117 Å². The first-order valence-corrected chi connectivity index (χ1v) is 18.7. The minimum atomic E-state index is -0.469. The van der Waals surface area contributed by atoms with Crippen LogP contribution >= 0.6 is 45.2 Å². The number of carbonyl (C=O) groups excluding carboxylic acids is 2. The van der Waals surface area contributed by atoms with Gasteiger partial charge in [0.05, 0.1) is 29.7 Å². The van der Waals surface area contributed by atoms with Gasteiger partial charge in [-0.25, -0.2) is 19.6 Å². The number of hydrogen-bond donors (Lipinski definition) is 2. The Labute approximate surface area is 346 Å². The molecule has 2 heterocycles. The molecule has 12 heteroatoms. The van der Waals surface area contributed by atoms with E-state index in [9.17, 15) is 9.59 Å². The first-order valence-electron chi connectivity index (χ1n) is 16.6. The van der Waals surface area contributed by atoms with Crippen molar-refractivity contribution >= 4 is 57.4 Å². The smallest absolute Gasteiger partial charge is 0.410 e. The van der Waals surface area contributed by atoms with Crippen molar-refractivity contribution < 1.29 is 19.1 Å². The van der Waals surface area contributed by atoms with Crippen LogP contribution in [0.25, 0.3) is 22.5 Å². The van der Waals surface area contributed by atoms with Gasteiger partial charge >= 0.3 is 12.2 Å². The van der Waals surface area contributed by atoms with E-state index in [4.69, 9.17) is 14.5 Å². The lowest BCUT2D eigenvalue weighted by molar-refractivity contribution is 0.0918. The summed E-state index contributed by atoms with van der Waals surface area (Å²) in [6.07, 6.45) is 2.91. The minimum Gasteiger partial charge on any atom is -0.445 e. The van der Waals surface area contributed by atoms with E-state index in [2.05, 4.69) is 84.7 Å². The van der Waals surface area contributed by atoms with Gasteiger partial charge in [0.2, 0.25) is 0 Å². The van der Waals surface area contributed by atoms with Gasteiger partial charge in [0.15, 0.2) is 0 Å². The van der Waals surface area contributed by atoms with Crippen molar-refractivity contribution in [3.63, 3.8) is 0 Å². The molecular weight excluding hydrogens is 906 g/mol. The third kappa shape index (κ3) is 12.4. The number of H-pyrrole nitrogens is 1. The van der Waals surface area contributed by atoms with Gasteiger partial charge in [-0.05, 0) is 100.0 Å². The Hall–Kier alpha value is -4.70. The van der Waals surface area contributed by atoms with Gasteiger partial charge in [-0.1, -0.05) is 99.8 Å². The average Bonchev–Trinajstić information content (AvgIpc) is 3.82. The first kappa shape index (κ1) is 43.7. The monoisotopic (exact) mass is 954 g/mol. The highest BCUT2D eigenvalue weighted by molar-refractivity contribution is 14.1. The highest BCUT2D eigenvalue weighted by atomic mass is 127. The Morgan fingerprint density at radius 1 is 0.796 bits per heavy atom. The summed E-state index contributed by atoms with van der Waals surface area (Å²) in [6, 6.07) is 35.1. The summed E-state index contributed by atoms with van der Waals surface area (Å²) >= 11 is 4.55. The molecule has 0 radical (unpaired) electrons. The maximum atomic E-state index is 12.4. The van der Waals surface area contributed by atoms with Crippen molar-refractivity contribution in [1.29, 1.82) is 0 Å². The molecule has 4 aromatic carbocycles. The van der Waals surface area contributed by atoms with Gasteiger partial charge < -0.3 is 29.2 Å². The number of rotatable bonds is 10. The van der Waals surface area contributed by atoms with E-state index < -0.39 is 6.09 Å². The van der Waals surface area contributed by atoms with Crippen molar-refractivity contribution in [1.82, 2.24) is 29.7 Å². The molecule has 2 N–H and O–H groups in total. The summed E-state index contributed by atoms with van der Waals surface area (Å²) in [7, 11) is 3.68. The molecule has 54 heavy (non-hydrogen) atoms. The van der Waals surface area contributed by atoms with Crippen LogP contribution in [0.5, 0.6) is 0 Å². The molecule has 0 spiro atoms. The standard InChI is InChI=1S/C21H22IN3O2.C19H18IN3O2.2CH4/c1-15(25(3)21(26)27-14-16-7-5-4-6-8-16)20-23-19(13-24(20)2)17-9-11-18(22)12-10-17;1-13(22-19(24)25-12-14-5-3-2-4-6-14)18-21-11-17(23-18)15-7-9-16(20)10-8-15;;/h4-13,15H,14H2,1-3H3;2-11,13H,12H2,1H3,(H,21,23)(H,22,24);2*1H4/t15-;13-;;/m11../s1. The number of hydrogen-bond acceptors (Lipinski definition) is 6. The summed E-state index contributed by atoms with van der Waals surface area (Å²) in [5.74, 6) is 1.49. The van der Waals surface area contributed by atoms with E-state index in [1.165, 1.54) is 7.14 Å². The number of benzene rings is 4. The molecule has 6 rings (SSSR count). The Morgan fingerprint density at radius 2 is 1.31 bits per heavy atom. The topological polar surface area (TPSA) is 114 Å². The minimum absolute atomic E-state index is 0. The number of imidazole rings is 2. The quantitative estimate of drug-likeness (QED) is 0.132. The van der Waals surface area contributed by atoms with Crippen LogP contribution < -0.4 is 5.32 Å². The predicted octanol–water partition coefficient (Wildman–Crippen LogP) is 11.0. The second-order valence-electron chi connectivity index (χ2n) is 12.0. The maximum absolute atomic E-state index is 12.4. The third-order valence-electron chi connectivity index (χ3n) is 8.21. The van der Waals surface area contributed by atoms with Gasteiger partial charge in [-0.2, -0.15) is 0 Å². The SMILES string of the molecule is C.C.C[C@@H](NC(=O)OCc1ccccc1)c1ncc(-c2ccc(I)cc2)[nH]1.C[C@H](c1nc(-c2ccc(I)cc2)cn1C)N(C)C(=O)OCc1ccccc1. The lowest BCUT2D eigenvalue weighted by Gasteiger charge is -2.23. The molecule has 2 aromatic heterocycles. The number of aromatic amines is 1. The summed E-state index contributed by atoms with van der Waals surface area (Å²) < 4.78 is 15.0. The molecule has 2 atom stereocenters. The van der Waals surface area contributed by atoms with Crippen molar-refractivity contribution in [2.75, 3.05) is 7.05 Å². The van der Waals surface area contributed by atoms with E-state index in [-0.39, 0.29) is 46.2 Å². The van der Waals surface area contributed by atoms with Crippen molar-refractivity contribution in [2.45, 2.75) is 54.0 Å². The normalized spacial score (nSPS) is 11.4. The fourth-order valence-corrected chi connectivity index (χ4v) is 5.84. The number of carbonyl (C=O) groups is 2. The number of alkyl carbamates (subject to hydrolysis) is 1. The predicted molar refractivity (Wildman–Crippen MR) is 233 cm³/mol. The number of nitrogens with zero attached hydrogens (tertiary/aromatic N) is 4. The fraction of sp³-hybridized carbons (Fsp3) is 0.238. The molecule has 10 nitrogen and oxygen atoms in total. The molecule has 0 saturated heterocycles. The number of aromatic nitrogens is 4. The van der Waals surface area contributed by atoms with Crippen LogP contribution in [0.1, 0.15) is 63.6 Å². The largest absolute Gasteiger partial charge is 0.445 e. The van der Waals surface area contributed by atoms with Crippen molar-refractivity contribution in [2.24, 2.45) is 7.05 Å². The molecular formula is C42H48I2N6O4. The van der Waals surface area contributed by atoms with E-state index in [0.29, 0.717) is 5.82 Å². The second kappa shape index (κ2) is 21.3. The van der Waals surface area contributed by atoms with Gasteiger partial charge in [0.1, 0.15) is 24.9 Å². The number of amides is 2. The lowest BCUT2D eigenvalue weighted by atomic mass is 10.2. The molecule has 0 bridgehead atoms. The van der Waals surface area contributed by atoms with E-state index in [0.717, 1.165) is 39.5 Å². The van der Waals surface area contributed by atoms with Crippen LogP contribution in [0.3, 0.4) is 0 Å².